The van der Waals surface area contributed by atoms with Crippen molar-refractivity contribution in [2.75, 3.05) is 48.8 Å². The van der Waals surface area contributed by atoms with Crippen LogP contribution >= 0.6 is 0 Å². The zero-order valence-corrected chi connectivity index (χ0v) is 23.2. The first-order chi connectivity index (χ1) is 18.9. The van der Waals surface area contributed by atoms with Crippen molar-refractivity contribution in [3.8, 4) is 23.0 Å². The van der Waals surface area contributed by atoms with E-state index in [1.54, 1.807) is 40.6 Å². The molecule has 2 aliphatic rings. The second-order valence-corrected chi connectivity index (χ2v) is 9.37. The van der Waals surface area contributed by atoms with Gasteiger partial charge in [0.2, 0.25) is 0 Å². The fraction of sp³-hybridized carbons (Fsp3) is 0.400. The summed E-state index contributed by atoms with van der Waals surface area (Å²) in [6.07, 6.45) is 0.840. The SMILES string of the molecule is COCCOC(=O)C1=C(C)NC2=C(C(=O)C[C@H](c3ccc(OC)c(OC)c3)C2)[C@@H]1c1cc(OC)ccc1OC. The van der Waals surface area contributed by atoms with Crippen LogP contribution in [0.5, 0.6) is 23.0 Å². The van der Waals surface area contributed by atoms with Crippen LogP contribution in [0.4, 0.5) is 0 Å². The Labute approximate surface area is 228 Å². The molecular formula is C30H35NO8. The van der Waals surface area contributed by atoms with Gasteiger partial charge in [0.05, 0.1) is 46.5 Å². The molecule has 2 aromatic carbocycles. The Morgan fingerprint density at radius 3 is 2.26 bits per heavy atom. The Balaban J connectivity index is 1.81. The minimum Gasteiger partial charge on any atom is -0.497 e. The van der Waals surface area contributed by atoms with E-state index in [0.29, 0.717) is 51.8 Å². The molecule has 1 N–H and O–H groups in total. The molecule has 0 radical (unpaired) electrons. The standard InChI is InChI=1S/C30H35NO8/c1-17-27(30(33)39-12-11-34-2)28(21-16-20(35-3)8-10-24(21)36-4)29-22(31-17)13-19(14-23(29)32)18-7-9-25(37-5)26(15-18)38-6/h7-10,15-16,19,28,31H,11-14H2,1-6H3/t19-,28-/m1/s1. The van der Waals surface area contributed by atoms with Crippen molar-refractivity contribution in [3.63, 3.8) is 0 Å². The van der Waals surface area contributed by atoms with E-state index in [1.165, 1.54) is 7.11 Å². The van der Waals surface area contributed by atoms with Crippen molar-refractivity contribution in [1.82, 2.24) is 5.32 Å². The van der Waals surface area contributed by atoms with Crippen LogP contribution in [0, 0.1) is 0 Å². The Morgan fingerprint density at radius 1 is 0.872 bits per heavy atom. The Hall–Kier alpha value is -3.98. The highest BCUT2D eigenvalue weighted by molar-refractivity contribution is 6.04. The molecule has 0 fully saturated rings. The summed E-state index contributed by atoms with van der Waals surface area (Å²) in [5.41, 5.74) is 3.90. The molecule has 0 saturated heterocycles. The minimum absolute atomic E-state index is 0.0619. The van der Waals surface area contributed by atoms with Crippen molar-refractivity contribution in [1.29, 1.82) is 0 Å². The van der Waals surface area contributed by atoms with Crippen LogP contribution in [-0.4, -0.2) is 60.5 Å². The molecular weight excluding hydrogens is 502 g/mol. The van der Waals surface area contributed by atoms with Gasteiger partial charge in [-0.1, -0.05) is 6.07 Å². The molecule has 39 heavy (non-hydrogen) atoms. The van der Waals surface area contributed by atoms with Crippen LogP contribution < -0.4 is 24.3 Å². The van der Waals surface area contributed by atoms with Gasteiger partial charge in [-0.3, -0.25) is 4.79 Å². The van der Waals surface area contributed by atoms with E-state index < -0.39 is 11.9 Å². The molecule has 2 atom stereocenters. The van der Waals surface area contributed by atoms with Crippen LogP contribution in [0.25, 0.3) is 0 Å². The summed E-state index contributed by atoms with van der Waals surface area (Å²) < 4.78 is 32.6. The number of Topliss-reactive ketones (excluding diaryl/α,β-unsaturated/α-hetero) is 1. The second kappa shape index (κ2) is 12.3. The number of hydrogen-bond donors (Lipinski definition) is 1. The largest absolute Gasteiger partial charge is 0.497 e. The minimum atomic E-state index is -0.694. The van der Waals surface area contributed by atoms with E-state index >= 15 is 0 Å². The van der Waals surface area contributed by atoms with Crippen molar-refractivity contribution in [3.05, 3.63) is 70.1 Å². The molecule has 0 aromatic heterocycles. The van der Waals surface area contributed by atoms with Gasteiger partial charge in [-0.2, -0.15) is 0 Å². The van der Waals surface area contributed by atoms with Crippen molar-refractivity contribution in [2.24, 2.45) is 0 Å². The number of benzene rings is 2. The summed E-state index contributed by atoms with van der Waals surface area (Å²) in [6.45, 7) is 2.18. The Bertz CT molecular complexity index is 1310. The topological polar surface area (TPSA) is 102 Å². The molecule has 9 heteroatoms. The van der Waals surface area contributed by atoms with E-state index in [2.05, 4.69) is 5.32 Å². The molecule has 1 aliphatic heterocycles. The van der Waals surface area contributed by atoms with Gasteiger partial charge in [0.25, 0.3) is 0 Å². The van der Waals surface area contributed by atoms with E-state index in [0.717, 1.165) is 11.3 Å². The first-order valence-electron chi connectivity index (χ1n) is 12.7. The van der Waals surface area contributed by atoms with Gasteiger partial charge in [-0.25, -0.2) is 4.79 Å². The van der Waals surface area contributed by atoms with Crippen molar-refractivity contribution >= 4 is 11.8 Å². The predicted molar refractivity (Wildman–Crippen MR) is 145 cm³/mol. The Morgan fingerprint density at radius 2 is 1.59 bits per heavy atom. The number of dihydropyridines is 1. The molecule has 0 amide bonds. The van der Waals surface area contributed by atoms with Gasteiger partial charge in [0.15, 0.2) is 17.3 Å². The lowest BCUT2D eigenvalue weighted by molar-refractivity contribution is -0.140. The zero-order valence-electron chi connectivity index (χ0n) is 23.2. The smallest absolute Gasteiger partial charge is 0.336 e. The highest BCUT2D eigenvalue weighted by atomic mass is 16.6. The average molecular weight is 538 g/mol. The van der Waals surface area contributed by atoms with Gasteiger partial charge in [-0.05, 0) is 55.2 Å². The van der Waals surface area contributed by atoms with Crippen molar-refractivity contribution in [2.45, 2.75) is 31.6 Å². The van der Waals surface area contributed by atoms with Gasteiger partial charge in [0, 0.05) is 36.1 Å². The predicted octanol–water partition coefficient (Wildman–Crippen LogP) is 4.27. The van der Waals surface area contributed by atoms with Crippen LogP contribution in [0.1, 0.15) is 42.7 Å². The maximum atomic E-state index is 13.9. The molecule has 9 nitrogen and oxygen atoms in total. The van der Waals surface area contributed by atoms with E-state index in [9.17, 15) is 9.59 Å². The normalized spacial score (nSPS) is 18.8. The number of hydrogen-bond acceptors (Lipinski definition) is 9. The third kappa shape index (κ3) is 5.59. The maximum Gasteiger partial charge on any atom is 0.336 e. The van der Waals surface area contributed by atoms with Crippen LogP contribution in [0.2, 0.25) is 0 Å². The fourth-order valence-electron chi connectivity index (χ4n) is 5.32. The fourth-order valence-corrected chi connectivity index (χ4v) is 5.32. The number of methoxy groups -OCH3 is 5. The monoisotopic (exact) mass is 537 g/mol. The maximum absolute atomic E-state index is 13.9. The van der Waals surface area contributed by atoms with E-state index in [4.69, 9.17) is 28.4 Å². The number of rotatable bonds is 10. The number of esters is 1. The second-order valence-electron chi connectivity index (χ2n) is 9.37. The highest BCUT2D eigenvalue weighted by Crippen LogP contribution is 2.49. The molecule has 1 aliphatic carbocycles. The summed E-state index contributed by atoms with van der Waals surface area (Å²) >= 11 is 0. The van der Waals surface area contributed by atoms with Gasteiger partial charge in [-0.15, -0.1) is 0 Å². The van der Waals surface area contributed by atoms with Crippen LogP contribution in [0.15, 0.2) is 58.9 Å². The number of carbonyl (C=O) groups is 2. The lowest BCUT2D eigenvalue weighted by Gasteiger charge is -2.37. The first kappa shape index (κ1) is 28.0. The van der Waals surface area contributed by atoms with E-state index in [1.807, 2.05) is 31.2 Å². The third-order valence-corrected chi connectivity index (χ3v) is 7.19. The lowest BCUT2D eigenvalue weighted by atomic mass is 9.71. The molecule has 0 unspecified atom stereocenters. The number of nitrogens with one attached hydrogen (secondary N) is 1. The first-order valence-corrected chi connectivity index (χ1v) is 12.7. The molecule has 2 aromatic rings. The third-order valence-electron chi connectivity index (χ3n) is 7.19. The molecule has 0 bridgehead atoms. The van der Waals surface area contributed by atoms with Gasteiger partial charge in [0.1, 0.15) is 18.1 Å². The average Bonchev–Trinajstić information content (AvgIpc) is 2.95. The lowest BCUT2D eigenvalue weighted by Crippen LogP contribution is -2.36. The molecule has 208 valence electrons. The number of ether oxygens (including phenoxy) is 6. The molecule has 1 heterocycles. The van der Waals surface area contributed by atoms with Crippen LogP contribution in [-0.2, 0) is 19.1 Å². The Kier molecular flexibility index (Phi) is 8.81. The van der Waals surface area contributed by atoms with E-state index in [-0.39, 0.29) is 31.3 Å². The summed E-state index contributed by atoms with van der Waals surface area (Å²) in [5.74, 6) is 0.998. The quantitative estimate of drug-likeness (QED) is 0.352. The summed E-state index contributed by atoms with van der Waals surface area (Å²) in [6, 6.07) is 11.1. The number of allylic oxidation sites excluding steroid dienone is 3. The summed E-state index contributed by atoms with van der Waals surface area (Å²) in [5, 5.41) is 3.37. The van der Waals surface area contributed by atoms with Gasteiger partial charge >= 0.3 is 5.97 Å². The number of carbonyl (C=O) groups excluding carboxylic acids is 2. The van der Waals surface area contributed by atoms with Crippen LogP contribution in [0.3, 0.4) is 0 Å². The number of ketones is 1. The zero-order chi connectivity index (χ0) is 28.1. The highest BCUT2D eigenvalue weighted by Gasteiger charge is 2.42. The summed E-state index contributed by atoms with van der Waals surface area (Å²) in [7, 11) is 7.84. The van der Waals surface area contributed by atoms with Gasteiger partial charge < -0.3 is 33.7 Å². The summed E-state index contributed by atoms with van der Waals surface area (Å²) in [4.78, 5) is 27.4. The molecule has 0 saturated carbocycles. The molecule has 4 rings (SSSR count). The molecule has 0 spiro atoms. The van der Waals surface area contributed by atoms with Crippen molar-refractivity contribution < 1.29 is 38.0 Å².